The van der Waals surface area contributed by atoms with Gasteiger partial charge in [0.05, 0.1) is 5.09 Å². The molecule has 0 N–H and O–H groups in total. The Morgan fingerprint density at radius 2 is 1.33 bits per heavy atom. The second kappa shape index (κ2) is 9.19. The molecule has 4 nitrogen and oxygen atoms in total. The van der Waals surface area contributed by atoms with Gasteiger partial charge in [0.25, 0.3) is 0 Å². The van der Waals surface area contributed by atoms with Gasteiger partial charge in [-0.05, 0) is 0 Å². The van der Waals surface area contributed by atoms with E-state index in [-0.39, 0.29) is 46.0 Å². The zero-order valence-electron chi connectivity index (χ0n) is 1.99. The van der Waals surface area contributed by atoms with Crippen molar-refractivity contribution < 1.29 is 21.6 Å². The minimum Gasteiger partial charge on any atom is 0 e. The molecule has 0 aliphatic carbocycles. The molecular formula is HNNaNiO3-. The largest absolute Gasteiger partial charge is 0 e. The van der Waals surface area contributed by atoms with Crippen LogP contribution in [0.1, 0.15) is 0 Å². The van der Waals surface area contributed by atoms with Crippen molar-refractivity contribution in [3.05, 3.63) is 15.3 Å². The van der Waals surface area contributed by atoms with Crippen LogP contribution in [0.5, 0.6) is 0 Å². The SMILES string of the molecule is O=[N+]([O-])[O-].[NaH].[Ni]. The van der Waals surface area contributed by atoms with Crippen LogP contribution in [0.2, 0.25) is 0 Å². The van der Waals surface area contributed by atoms with Crippen LogP contribution in [0.4, 0.5) is 0 Å². The molecule has 0 aromatic heterocycles. The number of rotatable bonds is 0. The molecule has 0 spiro atoms. The quantitative estimate of drug-likeness (QED) is 0.252. The molecule has 6 heteroatoms. The monoisotopic (exact) mass is 144 g/mol. The van der Waals surface area contributed by atoms with Crippen molar-refractivity contribution in [3.63, 3.8) is 0 Å². The van der Waals surface area contributed by atoms with E-state index in [4.69, 9.17) is 15.3 Å². The van der Waals surface area contributed by atoms with Crippen LogP contribution in [-0.4, -0.2) is 34.6 Å². The summed E-state index contributed by atoms with van der Waals surface area (Å²) < 4.78 is 0. The molecule has 36 valence electrons. The van der Waals surface area contributed by atoms with Gasteiger partial charge in [-0.15, -0.1) is 0 Å². The standard InChI is InChI=1S/NO3.Na.Ni.H/c2-1(3)4;;;/q-1;;;. The van der Waals surface area contributed by atoms with E-state index in [0.29, 0.717) is 0 Å². The van der Waals surface area contributed by atoms with Crippen molar-refractivity contribution >= 4 is 29.6 Å². The summed E-state index contributed by atoms with van der Waals surface area (Å²) in [7, 11) is 0. The molecular weight excluding hydrogens is 144 g/mol. The van der Waals surface area contributed by atoms with Crippen molar-refractivity contribution in [2.24, 2.45) is 0 Å². The van der Waals surface area contributed by atoms with E-state index < -0.39 is 5.09 Å². The van der Waals surface area contributed by atoms with Crippen molar-refractivity contribution in [1.29, 1.82) is 0 Å². The van der Waals surface area contributed by atoms with Gasteiger partial charge in [-0.2, -0.15) is 0 Å². The molecule has 0 bridgehead atoms. The predicted molar refractivity (Wildman–Crippen MR) is 17.5 cm³/mol. The molecule has 0 unspecified atom stereocenters. The van der Waals surface area contributed by atoms with Crippen molar-refractivity contribution in [3.8, 4) is 0 Å². The third-order valence-corrected chi connectivity index (χ3v) is 0. The smallest absolute Gasteiger partial charge is 0 e. The molecule has 0 rings (SSSR count). The maximum absolute atomic E-state index is 8.25. The minimum absolute atomic E-state index is 0. The first-order chi connectivity index (χ1) is 1.73. The fourth-order valence-corrected chi connectivity index (χ4v) is 0. The summed E-state index contributed by atoms with van der Waals surface area (Å²) in [5.74, 6) is 0. The molecule has 0 aromatic rings. The maximum Gasteiger partial charge on any atom is 0 e. The molecule has 0 atom stereocenters. The first-order valence-electron chi connectivity index (χ1n) is 0.548. The molecule has 0 radical (unpaired) electrons. The Kier molecular flexibility index (Phi) is 24.4. The molecule has 0 saturated carbocycles. The summed E-state index contributed by atoms with van der Waals surface area (Å²) in [5.41, 5.74) is 0. The van der Waals surface area contributed by atoms with Crippen LogP contribution in [0.25, 0.3) is 0 Å². The first kappa shape index (κ1) is 15.9. The molecule has 0 aromatic carbocycles. The third-order valence-electron chi connectivity index (χ3n) is 0. The van der Waals surface area contributed by atoms with Gasteiger partial charge < -0.3 is 15.3 Å². The summed E-state index contributed by atoms with van der Waals surface area (Å²) in [5, 5.41) is 14.8. The molecule has 0 fully saturated rings. The van der Waals surface area contributed by atoms with Crippen molar-refractivity contribution in [2.75, 3.05) is 0 Å². The van der Waals surface area contributed by atoms with Crippen molar-refractivity contribution in [1.82, 2.24) is 0 Å². The molecule has 0 aliphatic heterocycles. The van der Waals surface area contributed by atoms with Crippen LogP contribution < -0.4 is 0 Å². The third kappa shape index (κ3) is 133. The summed E-state index contributed by atoms with van der Waals surface area (Å²) in [6, 6.07) is 0. The van der Waals surface area contributed by atoms with E-state index in [0.717, 1.165) is 0 Å². The topological polar surface area (TPSA) is 66.2 Å². The van der Waals surface area contributed by atoms with Crippen LogP contribution in [0.3, 0.4) is 0 Å². The number of nitrogens with zero attached hydrogens (tertiary/aromatic N) is 1. The zero-order chi connectivity index (χ0) is 3.58. The maximum atomic E-state index is 8.25. The molecule has 0 saturated heterocycles. The Balaban J connectivity index is -0.0000000450. The van der Waals surface area contributed by atoms with Crippen molar-refractivity contribution in [2.45, 2.75) is 0 Å². The van der Waals surface area contributed by atoms with Gasteiger partial charge >= 0.3 is 29.6 Å². The van der Waals surface area contributed by atoms with Crippen LogP contribution in [0.15, 0.2) is 0 Å². The minimum atomic E-state index is -1.75. The van der Waals surface area contributed by atoms with E-state index >= 15 is 0 Å². The van der Waals surface area contributed by atoms with E-state index in [1.165, 1.54) is 0 Å². The Hall–Kier alpha value is 0.694. The van der Waals surface area contributed by atoms with Gasteiger partial charge in [0.1, 0.15) is 0 Å². The number of hydrogen-bond acceptors (Lipinski definition) is 3. The summed E-state index contributed by atoms with van der Waals surface area (Å²) in [6.07, 6.45) is 0. The Morgan fingerprint density at radius 3 is 1.33 bits per heavy atom. The van der Waals surface area contributed by atoms with Gasteiger partial charge in [0.2, 0.25) is 0 Å². The second-order valence-electron chi connectivity index (χ2n) is 0.224. The summed E-state index contributed by atoms with van der Waals surface area (Å²) >= 11 is 0. The van der Waals surface area contributed by atoms with Gasteiger partial charge in [-0.1, -0.05) is 0 Å². The van der Waals surface area contributed by atoms with Gasteiger partial charge in [-0.25, -0.2) is 0 Å². The van der Waals surface area contributed by atoms with Gasteiger partial charge in [0, 0.05) is 16.5 Å². The molecule has 0 heterocycles. The normalized spacial score (nSPS) is 4.00. The van der Waals surface area contributed by atoms with E-state index in [2.05, 4.69) is 0 Å². The fraction of sp³-hybridized carbons (Fsp3) is 0. The zero-order valence-corrected chi connectivity index (χ0v) is 2.98. The van der Waals surface area contributed by atoms with Crippen LogP contribution in [0, 0.1) is 15.3 Å². The number of hydrogen-bond donors (Lipinski definition) is 0. The summed E-state index contributed by atoms with van der Waals surface area (Å²) in [4.78, 5) is 8.25. The fourth-order valence-electron chi connectivity index (χ4n) is 0. The molecule has 6 heavy (non-hydrogen) atoms. The average Bonchev–Trinajstić information content (AvgIpc) is 0.811. The Bertz CT molecular complexity index is 33.8. The molecule has 0 aliphatic rings. The Morgan fingerprint density at radius 1 is 1.33 bits per heavy atom. The van der Waals surface area contributed by atoms with Crippen LogP contribution >= 0.6 is 0 Å². The Labute approximate surface area is 66.2 Å². The van der Waals surface area contributed by atoms with Gasteiger partial charge in [0.15, 0.2) is 0 Å². The molecule has 0 amide bonds. The van der Waals surface area contributed by atoms with Gasteiger partial charge in [-0.3, -0.25) is 0 Å². The summed E-state index contributed by atoms with van der Waals surface area (Å²) in [6.45, 7) is 0. The van der Waals surface area contributed by atoms with E-state index in [1.54, 1.807) is 0 Å². The predicted octanol–water partition coefficient (Wildman–Crippen LogP) is -0.890. The van der Waals surface area contributed by atoms with Crippen LogP contribution in [-0.2, 0) is 16.5 Å². The average molecular weight is 145 g/mol. The van der Waals surface area contributed by atoms with E-state index in [9.17, 15) is 0 Å². The second-order valence-corrected chi connectivity index (χ2v) is 0.224. The van der Waals surface area contributed by atoms with E-state index in [1.807, 2.05) is 0 Å². The first-order valence-corrected chi connectivity index (χ1v) is 0.548.